The van der Waals surface area contributed by atoms with Crippen molar-refractivity contribution in [2.75, 3.05) is 17.3 Å². The Morgan fingerprint density at radius 2 is 2.16 bits per heavy atom. The third kappa shape index (κ3) is 3.52. The predicted octanol–water partition coefficient (Wildman–Crippen LogP) is 2.64. The predicted molar refractivity (Wildman–Crippen MR) is 81.4 cm³/mol. The van der Waals surface area contributed by atoms with Crippen LogP contribution < -0.4 is 5.32 Å². The van der Waals surface area contributed by atoms with Crippen molar-refractivity contribution in [3.8, 4) is 0 Å². The summed E-state index contributed by atoms with van der Waals surface area (Å²) < 4.78 is 24.1. The number of thioether (sulfide) groups is 1. The second-order valence-corrected chi connectivity index (χ2v) is 8.32. The Bertz CT molecular complexity index is 528. The van der Waals surface area contributed by atoms with Crippen molar-refractivity contribution in [3.63, 3.8) is 0 Å². The van der Waals surface area contributed by atoms with E-state index in [1.165, 1.54) is 0 Å². The molecule has 0 aliphatic carbocycles. The molecule has 2 unspecified atom stereocenters. The van der Waals surface area contributed by atoms with Crippen LogP contribution in [-0.4, -0.2) is 31.7 Å². The zero-order valence-corrected chi connectivity index (χ0v) is 13.1. The number of hydrogen-bond acceptors (Lipinski definition) is 4. The first-order chi connectivity index (χ1) is 9.04. The van der Waals surface area contributed by atoms with Crippen LogP contribution in [0.5, 0.6) is 0 Å². The SMILES string of the molecule is CCSCCC(C)NC1CS(=O)(=O)c2ccccc21. The molecule has 0 radical (unpaired) electrons. The van der Waals surface area contributed by atoms with Gasteiger partial charge in [0, 0.05) is 12.1 Å². The molecule has 0 aromatic heterocycles. The van der Waals surface area contributed by atoms with Crippen LogP contribution >= 0.6 is 11.8 Å². The zero-order chi connectivity index (χ0) is 13.9. The van der Waals surface area contributed by atoms with E-state index in [-0.39, 0.29) is 11.8 Å². The van der Waals surface area contributed by atoms with Gasteiger partial charge in [-0.15, -0.1) is 0 Å². The number of fused-ring (bicyclic) bond motifs is 1. The highest BCUT2D eigenvalue weighted by Crippen LogP contribution is 2.33. The van der Waals surface area contributed by atoms with E-state index in [4.69, 9.17) is 0 Å². The standard InChI is InChI=1S/C14H21NO2S2/c1-3-18-9-8-11(2)15-13-10-19(16,17)14-7-5-4-6-12(13)14/h4-7,11,13,15H,3,8-10H2,1-2H3. The van der Waals surface area contributed by atoms with Crippen molar-refractivity contribution in [2.45, 2.75) is 37.2 Å². The fourth-order valence-electron chi connectivity index (χ4n) is 2.42. The second kappa shape index (κ2) is 6.29. The highest BCUT2D eigenvalue weighted by Gasteiger charge is 2.34. The molecule has 5 heteroatoms. The smallest absolute Gasteiger partial charge is 0.180 e. The average molecular weight is 299 g/mol. The van der Waals surface area contributed by atoms with Gasteiger partial charge in [-0.1, -0.05) is 25.1 Å². The van der Waals surface area contributed by atoms with E-state index >= 15 is 0 Å². The Hall–Kier alpha value is -0.520. The van der Waals surface area contributed by atoms with E-state index in [0.717, 1.165) is 23.5 Å². The van der Waals surface area contributed by atoms with Crippen LogP contribution in [0.4, 0.5) is 0 Å². The Morgan fingerprint density at radius 1 is 1.42 bits per heavy atom. The van der Waals surface area contributed by atoms with Crippen LogP contribution in [0.2, 0.25) is 0 Å². The summed E-state index contributed by atoms with van der Waals surface area (Å²) in [6, 6.07) is 7.62. The molecule has 0 saturated carbocycles. The van der Waals surface area contributed by atoms with Gasteiger partial charge in [0.25, 0.3) is 0 Å². The van der Waals surface area contributed by atoms with Gasteiger partial charge in [-0.25, -0.2) is 8.42 Å². The first kappa shape index (κ1) is 14.9. The molecule has 0 saturated heterocycles. The normalized spacial score (nSPS) is 22.1. The lowest BCUT2D eigenvalue weighted by Gasteiger charge is -2.19. The quantitative estimate of drug-likeness (QED) is 0.820. The summed E-state index contributed by atoms with van der Waals surface area (Å²) >= 11 is 1.92. The monoisotopic (exact) mass is 299 g/mol. The van der Waals surface area contributed by atoms with Gasteiger partial charge in [-0.3, -0.25) is 0 Å². The first-order valence-corrected chi connectivity index (χ1v) is 9.50. The van der Waals surface area contributed by atoms with Crippen molar-refractivity contribution in [1.29, 1.82) is 0 Å². The van der Waals surface area contributed by atoms with E-state index in [1.807, 2.05) is 23.9 Å². The third-order valence-electron chi connectivity index (χ3n) is 3.40. The summed E-state index contributed by atoms with van der Waals surface area (Å²) in [5.74, 6) is 2.44. The van der Waals surface area contributed by atoms with Crippen LogP contribution in [0.1, 0.15) is 31.9 Å². The molecule has 0 bridgehead atoms. The minimum Gasteiger partial charge on any atom is -0.306 e. The first-order valence-electron chi connectivity index (χ1n) is 6.70. The molecule has 1 aromatic rings. The van der Waals surface area contributed by atoms with Crippen LogP contribution in [0.15, 0.2) is 29.2 Å². The van der Waals surface area contributed by atoms with Gasteiger partial charge in [0.15, 0.2) is 9.84 Å². The molecule has 1 heterocycles. The van der Waals surface area contributed by atoms with Gasteiger partial charge < -0.3 is 5.32 Å². The van der Waals surface area contributed by atoms with E-state index in [2.05, 4.69) is 19.2 Å². The lowest BCUT2D eigenvalue weighted by molar-refractivity contribution is 0.474. The molecule has 0 amide bonds. The summed E-state index contributed by atoms with van der Waals surface area (Å²) in [5.41, 5.74) is 0.928. The zero-order valence-electron chi connectivity index (χ0n) is 11.4. The van der Waals surface area contributed by atoms with Gasteiger partial charge in [-0.05, 0) is 36.5 Å². The summed E-state index contributed by atoms with van der Waals surface area (Å²) in [4.78, 5) is 0.502. The molecule has 1 N–H and O–H groups in total. The molecular weight excluding hydrogens is 278 g/mol. The molecule has 1 aliphatic rings. The maximum absolute atomic E-state index is 12.1. The van der Waals surface area contributed by atoms with Crippen molar-refractivity contribution in [2.24, 2.45) is 0 Å². The van der Waals surface area contributed by atoms with E-state index in [0.29, 0.717) is 10.9 Å². The fraction of sp³-hybridized carbons (Fsp3) is 0.571. The van der Waals surface area contributed by atoms with Crippen LogP contribution in [0, 0.1) is 0 Å². The van der Waals surface area contributed by atoms with Gasteiger partial charge in [-0.2, -0.15) is 11.8 Å². The maximum Gasteiger partial charge on any atom is 0.180 e. The van der Waals surface area contributed by atoms with Gasteiger partial charge in [0.2, 0.25) is 0 Å². The third-order valence-corrected chi connectivity index (χ3v) is 6.15. The Balaban J connectivity index is 2.03. The van der Waals surface area contributed by atoms with Gasteiger partial charge >= 0.3 is 0 Å². The second-order valence-electron chi connectivity index (χ2n) is 4.93. The lowest BCUT2D eigenvalue weighted by atomic mass is 10.1. The minimum atomic E-state index is -3.09. The lowest BCUT2D eigenvalue weighted by Crippen LogP contribution is -2.32. The van der Waals surface area contributed by atoms with Crippen molar-refractivity contribution in [1.82, 2.24) is 5.32 Å². The molecule has 1 aliphatic heterocycles. The van der Waals surface area contributed by atoms with Crippen molar-refractivity contribution in [3.05, 3.63) is 29.8 Å². The van der Waals surface area contributed by atoms with Crippen LogP contribution in [-0.2, 0) is 9.84 Å². The highest BCUT2D eigenvalue weighted by atomic mass is 32.2. The Labute approximate surface area is 120 Å². The summed E-state index contributed by atoms with van der Waals surface area (Å²) in [5, 5.41) is 3.46. The molecule has 106 valence electrons. The number of nitrogens with one attached hydrogen (secondary N) is 1. The van der Waals surface area contributed by atoms with E-state index < -0.39 is 9.84 Å². The molecule has 19 heavy (non-hydrogen) atoms. The van der Waals surface area contributed by atoms with Crippen molar-refractivity contribution >= 4 is 21.6 Å². The molecule has 0 spiro atoms. The number of sulfone groups is 1. The summed E-state index contributed by atoms with van der Waals surface area (Å²) in [6.45, 7) is 4.28. The van der Waals surface area contributed by atoms with E-state index in [1.54, 1.807) is 12.1 Å². The molecule has 3 nitrogen and oxygen atoms in total. The number of hydrogen-bond donors (Lipinski definition) is 1. The van der Waals surface area contributed by atoms with Crippen molar-refractivity contribution < 1.29 is 8.42 Å². The average Bonchev–Trinajstić information content (AvgIpc) is 2.62. The molecule has 2 rings (SSSR count). The molecule has 1 aromatic carbocycles. The van der Waals surface area contributed by atoms with Crippen LogP contribution in [0.25, 0.3) is 0 Å². The largest absolute Gasteiger partial charge is 0.306 e. The Morgan fingerprint density at radius 3 is 2.89 bits per heavy atom. The maximum atomic E-state index is 12.1. The molecule has 2 atom stereocenters. The number of rotatable bonds is 6. The van der Waals surface area contributed by atoms with Crippen LogP contribution in [0.3, 0.4) is 0 Å². The fourth-order valence-corrected chi connectivity index (χ4v) is 4.98. The van der Waals surface area contributed by atoms with E-state index in [9.17, 15) is 8.42 Å². The Kier molecular flexibility index (Phi) is 4.92. The molecular formula is C14H21NO2S2. The summed E-state index contributed by atoms with van der Waals surface area (Å²) in [7, 11) is -3.09. The topological polar surface area (TPSA) is 46.2 Å². The van der Waals surface area contributed by atoms with Gasteiger partial charge in [0.05, 0.1) is 10.6 Å². The highest BCUT2D eigenvalue weighted by molar-refractivity contribution is 7.99. The number of benzene rings is 1. The van der Waals surface area contributed by atoms with Gasteiger partial charge in [0.1, 0.15) is 0 Å². The summed E-state index contributed by atoms with van der Waals surface area (Å²) in [6.07, 6.45) is 1.07. The molecule has 0 fully saturated rings. The minimum absolute atomic E-state index is 0.0529.